The summed E-state index contributed by atoms with van der Waals surface area (Å²) in [6, 6.07) is 1.75. The Hall–Kier alpha value is -1.73. The highest BCUT2D eigenvalue weighted by molar-refractivity contribution is 7.16. The van der Waals surface area contributed by atoms with Gasteiger partial charge in [-0.25, -0.2) is 4.98 Å². The maximum atomic E-state index is 12.3. The zero-order valence-electron chi connectivity index (χ0n) is 11.9. The summed E-state index contributed by atoms with van der Waals surface area (Å²) in [5.74, 6) is -0.0503. The molecule has 0 aliphatic carbocycles. The number of carbonyl (C=O) groups is 1. The smallest absolute Gasteiger partial charge is 0.262 e. The summed E-state index contributed by atoms with van der Waals surface area (Å²) in [6.45, 7) is 4.06. The van der Waals surface area contributed by atoms with Gasteiger partial charge in [0, 0.05) is 13.1 Å². The number of thiophene rings is 1. The van der Waals surface area contributed by atoms with Gasteiger partial charge in [0.25, 0.3) is 5.56 Å². The van der Waals surface area contributed by atoms with E-state index in [1.54, 1.807) is 11.0 Å². The summed E-state index contributed by atoms with van der Waals surface area (Å²) >= 11 is 1.42. The molecule has 21 heavy (non-hydrogen) atoms. The fourth-order valence-corrected chi connectivity index (χ4v) is 3.38. The second kappa shape index (κ2) is 5.23. The molecule has 1 amide bonds. The monoisotopic (exact) mass is 306 g/mol. The Morgan fingerprint density at radius 2 is 2.38 bits per heavy atom. The molecule has 2 aromatic rings. The van der Waals surface area contributed by atoms with Crippen molar-refractivity contribution in [2.24, 2.45) is 11.1 Å². The minimum Gasteiger partial charge on any atom is -0.341 e. The molecule has 6 nitrogen and oxygen atoms in total. The lowest BCUT2D eigenvalue weighted by atomic mass is 9.90. The van der Waals surface area contributed by atoms with Crippen molar-refractivity contribution in [2.45, 2.75) is 19.9 Å². The van der Waals surface area contributed by atoms with E-state index >= 15 is 0 Å². The first-order valence-corrected chi connectivity index (χ1v) is 7.81. The molecular formula is C14H18N4O2S. The van der Waals surface area contributed by atoms with Crippen LogP contribution in [0.1, 0.15) is 13.3 Å². The number of amides is 1. The number of hydrogen-bond acceptors (Lipinski definition) is 5. The third-order valence-electron chi connectivity index (χ3n) is 4.16. The standard InChI is InChI=1S/C14H18N4O2S/c1-14(7-15)3-4-17(8-14)11(19)6-18-9-16-12-10(13(18)20)2-5-21-12/h2,5,9H,3-4,6-8,15H2,1H3. The lowest BCUT2D eigenvalue weighted by molar-refractivity contribution is -0.131. The summed E-state index contributed by atoms with van der Waals surface area (Å²) in [7, 11) is 0. The Morgan fingerprint density at radius 3 is 3.10 bits per heavy atom. The van der Waals surface area contributed by atoms with E-state index in [0.717, 1.165) is 6.42 Å². The van der Waals surface area contributed by atoms with E-state index < -0.39 is 0 Å². The molecule has 112 valence electrons. The van der Waals surface area contributed by atoms with Crippen LogP contribution < -0.4 is 11.3 Å². The maximum absolute atomic E-state index is 12.3. The molecule has 1 aliphatic rings. The summed E-state index contributed by atoms with van der Waals surface area (Å²) in [5, 5.41) is 2.40. The second-order valence-corrected chi connectivity index (χ2v) is 6.79. The molecule has 2 N–H and O–H groups in total. The van der Waals surface area contributed by atoms with Crippen LogP contribution in [0.15, 0.2) is 22.6 Å². The van der Waals surface area contributed by atoms with E-state index in [-0.39, 0.29) is 23.4 Å². The fraction of sp³-hybridized carbons (Fsp3) is 0.500. The summed E-state index contributed by atoms with van der Waals surface area (Å²) < 4.78 is 1.38. The first-order valence-electron chi connectivity index (χ1n) is 6.93. The van der Waals surface area contributed by atoms with E-state index in [4.69, 9.17) is 5.73 Å². The van der Waals surface area contributed by atoms with Gasteiger partial charge >= 0.3 is 0 Å². The molecule has 0 radical (unpaired) electrons. The van der Waals surface area contributed by atoms with Crippen LogP contribution in [0.5, 0.6) is 0 Å². The van der Waals surface area contributed by atoms with Gasteiger partial charge in [-0.2, -0.15) is 0 Å². The Bertz CT molecular complexity index is 738. The molecule has 7 heteroatoms. The molecular weight excluding hydrogens is 288 g/mol. The highest BCUT2D eigenvalue weighted by Gasteiger charge is 2.34. The predicted octanol–water partition coefficient (Wildman–Crippen LogP) is 0.655. The summed E-state index contributed by atoms with van der Waals surface area (Å²) in [6.07, 6.45) is 2.36. The minimum atomic E-state index is -0.157. The number of rotatable bonds is 3. The Balaban J connectivity index is 1.78. The molecule has 1 fully saturated rings. The van der Waals surface area contributed by atoms with Crippen LogP contribution in [0.2, 0.25) is 0 Å². The molecule has 0 saturated carbocycles. The van der Waals surface area contributed by atoms with Gasteiger partial charge in [0.2, 0.25) is 5.91 Å². The summed E-state index contributed by atoms with van der Waals surface area (Å²) in [5.41, 5.74) is 5.59. The van der Waals surface area contributed by atoms with Crippen molar-refractivity contribution in [1.29, 1.82) is 0 Å². The maximum Gasteiger partial charge on any atom is 0.262 e. The quantitative estimate of drug-likeness (QED) is 0.903. The average Bonchev–Trinajstić information content (AvgIpc) is 3.09. The molecule has 3 rings (SSSR count). The van der Waals surface area contributed by atoms with E-state index in [1.807, 2.05) is 5.38 Å². The zero-order valence-corrected chi connectivity index (χ0v) is 12.7. The molecule has 3 heterocycles. The number of fused-ring (bicyclic) bond motifs is 1. The predicted molar refractivity (Wildman–Crippen MR) is 82.2 cm³/mol. The first-order chi connectivity index (χ1) is 10.0. The molecule has 0 aromatic carbocycles. The van der Waals surface area contributed by atoms with Gasteiger partial charge in [0.05, 0.1) is 11.7 Å². The van der Waals surface area contributed by atoms with Crippen LogP contribution in [0.3, 0.4) is 0 Å². The lowest BCUT2D eigenvalue weighted by Crippen LogP contribution is -2.37. The van der Waals surface area contributed by atoms with Crippen molar-refractivity contribution in [2.75, 3.05) is 19.6 Å². The van der Waals surface area contributed by atoms with Crippen molar-refractivity contribution in [3.05, 3.63) is 28.1 Å². The van der Waals surface area contributed by atoms with Gasteiger partial charge < -0.3 is 10.6 Å². The van der Waals surface area contributed by atoms with E-state index in [0.29, 0.717) is 29.9 Å². The number of aromatic nitrogens is 2. The van der Waals surface area contributed by atoms with Crippen LogP contribution in [-0.2, 0) is 11.3 Å². The van der Waals surface area contributed by atoms with Crippen molar-refractivity contribution in [1.82, 2.24) is 14.5 Å². The number of nitrogens with zero attached hydrogens (tertiary/aromatic N) is 3. The molecule has 0 spiro atoms. The minimum absolute atomic E-state index is 0.00379. The normalized spacial score (nSPS) is 22.1. The van der Waals surface area contributed by atoms with Crippen LogP contribution in [0.4, 0.5) is 0 Å². The SMILES string of the molecule is CC1(CN)CCN(C(=O)Cn2cnc3sccc3c2=O)C1. The molecule has 1 saturated heterocycles. The molecule has 1 unspecified atom stereocenters. The zero-order chi connectivity index (χ0) is 15.0. The van der Waals surface area contributed by atoms with Crippen LogP contribution >= 0.6 is 11.3 Å². The Labute approximate surface area is 126 Å². The highest BCUT2D eigenvalue weighted by atomic mass is 32.1. The molecule has 2 aromatic heterocycles. The Morgan fingerprint density at radius 1 is 1.57 bits per heavy atom. The molecule has 1 aliphatic heterocycles. The lowest BCUT2D eigenvalue weighted by Gasteiger charge is -2.22. The van der Waals surface area contributed by atoms with Gasteiger partial charge in [-0.1, -0.05) is 6.92 Å². The van der Waals surface area contributed by atoms with Gasteiger partial charge in [-0.05, 0) is 29.8 Å². The van der Waals surface area contributed by atoms with Crippen LogP contribution in [-0.4, -0.2) is 40.0 Å². The van der Waals surface area contributed by atoms with E-state index in [1.165, 1.54) is 22.2 Å². The van der Waals surface area contributed by atoms with Crippen molar-refractivity contribution in [3.8, 4) is 0 Å². The number of likely N-dealkylation sites (tertiary alicyclic amines) is 1. The number of nitrogens with two attached hydrogens (primary N) is 1. The van der Waals surface area contributed by atoms with E-state index in [9.17, 15) is 9.59 Å². The van der Waals surface area contributed by atoms with Crippen LogP contribution in [0, 0.1) is 5.41 Å². The van der Waals surface area contributed by atoms with Gasteiger partial charge in [0.15, 0.2) is 0 Å². The third-order valence-corrected chi connectivity index (χ3v) is 4.98. The average molecular weight is 306 g/mol. The molecule has 1 atom stereocenters. The largest absolute Gasteiger partial charge is 0.341 e. The van der Waals surface area contributed by atoms with Crippen molar-refractivity contribution in [3.63, 3.8) is 0 Å². The van der Waals surface area contributed by atoms with Gasteiger partial charge in [-0.15, -0.1) is 11.3 Å². The first kappa shape index (κ1) is 14.2. The topological polar surface area (TPSA) is 81.2 Å². The van der Waals surface area contributed by atoms with Crippen LogP contribution in [0.25, 0.3) is 10.2 Å². The van der Waals surface area contributed by atoms with Gasteiger partial charge in [0.1, 0.15) is 11.4 Å². The number of carbonyl (C=O) groups excluding carboxylic acids is 1. The highest BCUT2D eigenvalue weighted by Crippen LogP contribution is 2.28. The van der Waals surface area contributed by atoms with E-state index in [2.05, 4.69) is 11.9 Å². The number of hydrogen-bond donors (Lipinski definition) is 1. The second-order valence-electron chi connectivity index (χ2n) is 5.90. The Kier molecular flexibility index (Phi) is 3.54. The fourth-order valence-electron chi connectivity index (χ4n) is 2.65. The van der Waals surface area contributed by atoms with Gasteiger partial charge in [-0.3, -0.25) is 14.2 Å². The van der Waals surface area contributed by atoms with Crippen molar-refractivity contribution < 1.29 is 4.79 Å². The van der Waals surface area contributed by atoms with Crippen molar-refractivity contribution >= 4 is 27.5 Å². The summed E-state index contributed by atoms with van der Waals surface area (Å²) in [4.78, 5) is 31.3. The third kappa shape index (κ3) is 2.58. The molecule has 0 bridgehead atoms.